The van der Waals surface area contributed by atoms with Gasteiger partial charge in [0.1, 0.15) is 0 Å². The van der Waals surface area contributed by atoms with Crippen molar-refractivity contribution in [2.45, 2.75) is 89.3 Å². The summed E-state index contributed by atoms with van der Waals surface area (Å²) in [6, 6.07) is 0. The van der Waals surface area contributed by atoms with Crippen molar-refractivity contribution in [1.29, 1.82) is 0 Å². The molecule has 0 aliphatic rings. The van der Waals surface area contributed by atoms with E-state index < -0.39 is 42.0 Å². The highest BCUT2D eigenvalue weighted by Crippen LogP contribution is 2.21. The Morgan fingerprint density at radius 1 is 0.852 bits per heavy atom. The van der Waals surface area contributed by atoms with E-state index in [4.69, 9.17) is 15.3 Å². The van der Waals surface area contributed by atoms with Gasteiger partial charge in [-0.2, -0.15) is 0 Å². The minimum absolute atomic E-state index is 0.137. The van der Waals surface area contributed by atoms with E-state index in [1.54, 1.807) is 0 Å². The molecular weight excluding hydrogens is 360 g/mol. The van der Waals surface area contributed by atoms with Crippen molar-refractivity contribution in [3.63, 3.8) is 0 Å². The predicted octanol–water partition coefficient (Wildman–Crippen LogP) is 2.19. The molecule has 0 aliphatic carbocycles. The molecule has 0 aromatic rings. The fourth-order valence-electron chi connectivity index (χ4n) is 2.63. The Morgan fingerprint density at radius 2 is 1.33 bits per heavy atom. The third kappa shape index (κ3) is 9.93. The molecule has 0 saturated heterocycles. The van der Waals surface area contributed by atoms with E-state index in [1.807, 2.05) is 0 Å². The first-order valence-corrected chi connectivity index (χ1v) is 9.25. The fraction of sp³-hybridized carbons (Fsp3) is 0.778. The molecule has 0 radical (unpaired) electrons. The van der Waals surface area contributed by atoms with E-state index >= 15 is 0 Å². The van der Waals surface area contributed by atoms with Crippen LogP contribution in [0.4, 0.5) is 0 Å². The maximum Gasteiger partial charge on any atom is 0.348 e. The van der Waals surface area contributed by atoms with E-state index in [1.165, 1.54) is 25.7 Å². The molecule has 0 rings (SSSR count). The quantitative estimate of drug-likeness (QED) is 0.229. The van der Waals surface area contributed by atoms with Gasteiger partial charge in [0.2, 0.25) is 11.7 Å². The fourth-order valence-corrected chi connectivity index (χ4v) is 2.63. The first kappa shape index (κ1) is 24.8. The lowest BCUT2D eigenvalue weighted by atomic mass is 9.92. The van der Waals surface area contributed by atoms with Crippen molar-refractivity contribution < 1.29 is 44.3 Å². The molecule has 156 valence electrons. The Labute approximate surface area is 158 Å². The summed E-state index contributed by atoms with van der Waals surface area (Å²) in [5, 5.41) is 36.7. The van der Waals surface area contributed by atoms with Crippen LogP contribution < -0.4 is 0 Å². The van der Waals surface area contributed by atoms with Crippen molar-refractivity contribution in [1.82, 2.24) is 0 Å². The molecule has 2 atom stereocenters. The summed E-state index contributed by atoms with van der Waals surface area (Å²) in [6.07, 6.45) is 4.98. The van der Waals surface area contributed by atoms with Gasteiger partial charge in [0.15, 0.2) is 0 Å². The first-order chi connectivity index (χ1) is 12.6. The highest BCUT2D eigenvalue weighted by atomic mass is 16.6. The van der Waals surface area contributed by atoms with E-state index in [0.29, 0.717) is 6.42 Å². The summed E-state index contributed by atoms with van der Waals surface area (Å²) in [6.45, 7) is 2.15. The maximum atomic E-state index is 11.8. The standard InChI is InChI=1S/C18H30O9/c1-2-3-4-5-6-7-8-9-10-11-14(21)27-15(16(22)23)18(26,17(24)25)12-13(19)20/h15,26H,2-12H2,1H3,(H,19,20)(H,22,23)(H,24,25). The molecule has 0 aromatic carbocycles. The molecule has 0 spiro atoms. The van der Waals surface area contributed by atoms with Gasteiger partial charge in [0.05, 0.1) is 6.42 Å². The van der Waals surface area contributed by atoms with Gasteiger partial charge in [-0.25, -0.2) is 9.59 Å². The molecule has 0 fully saturated rings. The third-order valence-corrected chi connectivity index (χ3v) is 4.18. The zero-order valence-corrected chi connectivity index (χ0v) is 15.7. The highest BCUT2D eigenvalue weighted by molar-refractivity contribution is 5.92. The van der Waals surface area contributed by atoms with Gasteiger partial charge < -0.3 is 25.2 Å². The number of carboxylic acids is 3. The third-order valence-electron chi connectivity index (χ3n) is 4.18. The molecule has 27 heavy (non-hydrogen) atoms. The van der Waals surface area contributed by atoms with Crippen LogP contribution in [0, 0.1) is 0 Å². The number of aliphatic carboxylic acids is 3. The first-order valence-electron chi connectivity index (χ1n) is 9.25. The van der Waals surface area contributed by atoms with E-state index in [-0.39, 0.29) is 6.42 Å². The Morgan fingerprint density at radius 3 is 1.74 bits per heavy atom. The summed E-state index contributed by atoms with van der Waals surface area (Å²) < 4.78 is 4.58. The number of carboxylic acid groups (broad SMARTS) is 3. The van der Waals surface area contributed by atoms with Crippen LogP contribution in [0.2, 0.25) is 0 Å². The molecule has 0 aromatic heterocycles. The Balaban J connectivity index is 4.39. The van der Waals surface area contributed by atoms with Crippen LogP contribution in [-0.4, -0.2) is 56.0 Å². The number of hydrogen-bond acceptors (Lipinski definition) is 6. The Hall–Kier alpha value is -2.16. The van der Waals surface area contributed by atoms with Crippen molar-refractivity contribution in [2.75, 3.05) is 0 Å². The second-order valence-electron chi connectivity index (χ2n) is 6.59. The largest absolute Gasteiger partial charge is 0.481 e. The number of unbranched alkanes of at least 4 members (excludes halogenated alkanes) is 8. The SMILES string of the molecule is CCCCCCCCCCCC(=O)OC(C(=O)O)C(O)(CC(=O)O)C(=O)O. The normalized spacial score (nSPS) is 14.1. The van der Waals surface area contributed by atoms with E-state index in [2.05, 4.69) is 11.7 Å². The second-order valence-corrected chi connectivity index (χ2v) is 6.59. The average molecular weight is 390 g/mol. The minimum Gasteiger partial charge on any atom is -0.481 e. The van der Waals surface area contributed by atoms with Crippen molar-refractivity contribution in [2.24, 2.45) is 0 Å². The van der Waals surface area contributed by atoms with Crippen LogP contribution in [-0.2, 0) is 23.9 Å². The van der Waals surface area contributed by atoms with Gasteiger partial charge in [-0.3, -0.25) is 9.59 Å². The van der Waals surface area contributed by atoms with Crippen LogP contribution in [0.5, 0.6) is 0 Å². The van der Waals surface area contributed by atoms with Crippen LogP contribution in [0.3, 0.4) is 0 Å². The molecule has 2 unspecified atom stereocenters. The number of hydrogen-bond donors (Lipinski definition) is 4. The molecule has 0 saturated carbocycles. The maximum absolute atomic E-state index is 11.8. The summed E-state index contributed by atoms with van der Waals surface area (Å²) >= 11 is 0. The molecule has 0 bridgehead atoms. The zero-order chi connectivity index (χ0) is 20.9. The minimum atomic E-state index is -3.24. The van der Waals surface area contributed by atoms with Crippen LogP contribution in [0.25, 0.3) is 0 Å². The summed E-state index contributed by atoms with van der Waals surface area (Å²) in [5.41, 5.74) is -3.24. The van der Waals surface area contributed by atoms with Crippen molar-refractivity contribution in [3.05, 3.63) is 0 Å². The van der Waals surface area contributed by atoms with Gasteiger partial charge in [-0.15, -0.1) is 0 Å². The molecule has 0 aliphatic heterocycles. The average Bonchev–Trinajstić information content (AvgIpc) is 2.57. The lowest BCUT2D eigenvalue weighted by Gasteiger charge is -2.27. The number of esters is 1. The van der Waals surface area contributed by atoms with Gasteiger partial charge in [0, 0.05) is 6.42 Å². The molecule has 9 nitrogen and oxygen atoms in total. The van der Waals surface area contributed by atoms with Crippen LogP contribution >= 0.6 is 0 Å². The smallest absolute Gasteiger partial charge is 0.348 e. The molecule has 9 heteroatoms. The van der Waals surface area contributed by atoms with Crippen molar-refractivity contribution >= 4 is 23.9 Å². The zero-order valence-electron chi connectivity index (χ0n) is 15.7. The van der Waals surface area contributed by atoms with Gasteiger partial charge >= 0.3 is 23.9 Å². The molecular formula is C18H30O9. The van der Waals surface area contributed by atoms with E-state index in [0.717, 1.165) is 25.7 Å². The van der Waals surface area contributed by atoms with Crippen LogP contribution in [0.1, 0.15) is 77.6 Å². The number of ether oxygens (including phenoxy) is 1. The van der Waals surface area contributed by atoms with Crippen LogP contribution in [0.15, 0.2) is 0 Å². The van der Waals surface area contributed by atoms with Gasteiger partial charge in [-0.05, 0) is 6.42 Å². The number of carbonyl (C=O) groups excluding carboxylic acids is 1. The lowest BCUT2D eigenvalue weighted by Crippen LogP contribution is -2.56. The Bertz CT molecular complexity index is 503. The van der Waals surface area contributed by atoms with Gasteiger partial charge in [-0.1, -0.05) is 58.3 Å². The number of rotatable bonds is 16. The highest BCUT2D eigenvalue weighted by Gasteiger charge is 2.52. The predicted molar refractivity (Wildman–Crippen MR) is 94.2 cm³/mol. The lowest BCUT2D eigenvalue weighted by molar-refractivity contribution is -0.197. The van der Waals surface area contributed by atoms with E-state index in [9.17, 15) is 24.3 Å². The monoisotopic (exact) mass is 390 g/mol. The molecule has 4 N–H and O–H groups in total. The van der Waals surface area contributed by atoms with Gasteiger partial charge in [0.25, 0.3) is 0 Å². The summed E-state index contributed by atoms with van der Waals surface area (Å²) in [5.74, 6) is -6.74. The molecule has 0 heterocycles. The molecule has 0 amide bonds. The summed E-state index contributed by atoms with van der Waals surface area (Å²) in [4.78, 5) is 44.9. The number of carbonyl (C=O) groups is 4. The summed E-state index contributed by atoms with van der Waals surface area (Å²) in [7, 11) is 0. The topological polar surface area (TPSA) is 158 Å². The number of aliphatic hydroxyl groups is 1. The van der Waals surface area contributed by atoms with Crippen molar-refractivity contribution in [3.8, 4) is 0 Å². The second kappa shape index (κ2) is 13.1. The Kier molecular flexibility index (Phi) is 12.0.